The van der Waals surface area contributed by atoms with E-state index in [1.807, 2.05) is 0 Å². The van der Waals surface area contributed by atoms with Crippen LogP contribution in [0.25, 0.3) is 0 Å². The minimum atomic E-state index is 0.552. The number of aryl methyl sites for hydroxylation is 1. The summed E-state index contributed by atoms with van der Waals surface area (Å²) in [5.74, 6) is 1.71. The van der Waals surface area contributed by atoms with Crippen molar-refractivity contribution >= 4 is 5.96 Å². The number of nitrogens with one attached hydrogen (secondary N) is 2. The van der Waals surface area contributed by atoms with E-state index in [1.54, 1.807) is 14.2 Å². The molecule has 1 aromatic rings. The van der Waals surface area contributed by atoms with Crippen molar-refractivity contribution < 1.29 is 9.47 Å². The molecule has 1 aromatic carbocycles. The Hall–Kier alpha value is -1.75. The molecule has 0 saturated carbocycles. The monoisotopic (exact) mass is 307 g/mol. The number of nitrogens with zero attached hydrogens (tertiary/aromatic N) is 1. The van der Waals surface area contributed by atoms with Gasteiger partial charge in [-0.05, 0) is 25.0 Å². The summed E-state index contributed by atoms with van der Waals surface area (Å²) in [5.41, 5.74) is 2.29. The van der Waals surface area contributed by atoms with Gasteiger partial charge in [-0.2, -0.15) is 0 Å². The number of unbranched alkanes of at least 4 members (excludes halogenated alkanes) is 1. The van der Waals surface area contributed by atoms with Crippen molar-refractivity contribution in [2.24, 2.45) is 4.99 Å². The average Bonchev–Trinajstić information content (AvgIpc) is 2.52. The van der Waals surface area contributed by atoms with Gasteiger partial charge >= 0.3 is 0 Å². The van der Waals surface area contributed by atoms with Gasteiger partial charge in [0.15, 0.2) is 5.96 Å². The highest BCUT2D eigenvalue weighted by Gasteiger charge is 2.05. The van der Waals surface area contributed by atoms with Gasteiger partial charge in [-0.15, -0.1) is 0 Å². The fourth-order valence-electron chi connectivity index (χ4n) is 1.96. The van der Waals surface area contributed by atoms with Crippen molar-refractivity contribution in [3.63, 3.8) is 0 Å². The molecule has 0 unspecified atom stereocenters. The lowest BCUT2D eigenvalue weighted by Gasteiger charge is -2.15. The number of hydrogen-bond acceptors (Lipinski definition) is 3. The predicted molar refractivity (Wildman–Crippen MR) is 91.7 cm³/mol. The van der Waals surface area contributed by atoms with Crippen LogP contribution in [-0.2, 0) is 11.3 Å². The third-order valence-electron chi connectivity index (χ3n) is 3.26. The van der Waals surface area contributed by atoms with Crippen LogP contribution >= 0.6 is 0 Å². The summed E-state index contributed by atoms with van der Waals surface area (Å²) in [5, 5.41) is 6.62. The Morgan fingerprint density at radius 3 is 2.73 bits per heavy atom. The number of methoxy groups -OCH3 is 1. The second-order valence-corrected chi connectivity index (χ2v) is 5.16. The molecular weight excluding hydrogens is 278 g/mol. The van der Waals surface area contributed by atoms with Gasteiger partial charge in [-0.1, -0.05) is 25.5 Å². The Morgan fingerprint density at radius 2 is 2.05 bits per heavy atom. The number of rotatable bonds is 9. The lowest BCUT2D eigenvalue weighted by Crippen LogP contribution is -2.37. The largest absolute Gasteiger partial charge is 0.491 e. The van der Waals surface area contributed by atoms with Gasteiger partial charge in [0.1, 0.15) is 12.4 Å². The quantitative estimate of drug-likeness (QED) is 0.418. The maximum Gasteiger partial charge on any atom is 0.191 e. The Labute approximate surface area is 134 Å². The van der Waals surface area contributed by atoms with Gasteiger partial charge in [-0.3, -0.25) is 4.99 Å². The number of aliphatic imine (C=N–C) groups is 1. The van der Waals surface area contributed by atoms with Crippen molar-refractivity contribution in [1.82, 2.24) is 10.6 Å². The summed E-state index contributed by atoms with van der Waals surface area (Å²) in [7, 11) is 3.46. The average molecular weight is 307 g/mol. The molecule has 0 heterocycles. The molecule has 0 aliphatic heterocycles. The first-order chi connectivity index (χ1) is 10.7. The van der Waals surface area contributed by atoms with E-state index in [9.17, 15) is 0 Å². The topological polar surface area (TPSA) is 54.9 Å². The van der Waals surface area contributed by atoms with Crippen LogP contribution in [0.1, 0.15) is 30.9 Å². The second kappa shape index (κ2) is 10.9. The second-order valence-electron chi connectivity index (χ2n) is 5.16. The van der Waals surface area contributed by atoms with E-state index in [0.717, 1.165) is 30.2 Å². The van der Waals surface area contributed by atoms with Crippen LogP contribution in [0.2, 0.25) is 0 Å². The van der Waals surface area contributed by atoms with Crippen molar-refractivity contribution in [2.75, 3.05) is 33.9 Å². The summed E-state index contributed by atoms with van der Waals surface area (Å²) in [4.78, 5) is 4.23. The number of hydrogen-bond donors (Lipinski definition) is 2. The molecule has 0 spiro atoms. The first kappa shape index (κ1) is 18.3. The molecule has 0 saturated heterocycles. The molecule has 0 amide bonds. The predicted octanol–water partition coefficient (Wildman–Crippen LogP) is 2.49. The molecule has 0 atom stereocenters. The summed E-state index contributed by atoms with van der Waals surface area (Å²) in [6.45, 7) is 6.98. The third kappa shape index (κ3) is 6.80. The molecule has 0 aromatic heterocycles. The Bertz CT molecular complexity index is 461. The van der Waals surface area contributed by atoms with E-state index in [-0.39, 0.29) is 0 Å². The van der Waals surface area contributed by atoms with E-state index >= 15 is 0 Å². The zero-order valence-electron chi connectivity index (χ0n) is 14.2. The Morgan fingerprint density at radius 1 is 1.23 bits per heavy atom. The van der Waals surface area contributed by atoms with E-state index in [2.05, 4.69) is 47.7 Å². The van der Waals surface area contributed by atoms with Crippen molar-refractivity contribution in [3.05, 3.63) is 29.3 Å². The number of benzene rings is 1. The molecule has 22 heavy (non-hydrogen) atoms. The van der Waals surface area contributed by atoms with E-state index in [0.29, 0.717) is 19.8 Å². The SMILES string of the molecule is CCCCNC(=NC)NCc1ccc(C)cc1OCCOC. The van der Waals surface area contributed by atoms with Crippen LogP contribution in [-0.4, -0.2) is 39.9 Å². The fourth-order valence-corrected chi connectivity index (χ4v) is 1.96. The maximum absolute atomic E-state index is 5.80. The van der Waals surface area contributed by atoms with Crippen LogP contribution in [0.3, 0.4) is 0 Å². The van der Waals surface area contributed by atoms with Gasteiger partial charge < -0.3 is 20.1 Å². The first-order valence-corrected chi connectivity index (χ1v) is 7.87. The lowest BCUT2D eigenvalue weighted by molar-refractivity contribution is 0.145. The number of ether oxygens (including phenoxy) is 2. The molecule has 5 nitrogen and oxygen atoms in total. The van der Waals surface area contributed by atoms with Gasteiger partial charge in [-0.25, -0.2) is 0 Å². The fraction of sp³-hybridized carbons (Fsp3) is 0.588. The molecule has 1 rings (SSSR count). The van der Waals surface area contributed by atoms with Crippen LogP contribution in [0.5, 0.6) is 5.75 Å². The molecule has 0 fully saturated rings. The van der Waals surface area contributed by atoms with Gasteiger partial charge in [0.25, 0.3) is 0 Å². The molecular formula is C17H29N3O2. The van der Waals surface area contributed by atoms with Gasteiger partial charge in [0.05, 0.1) is 6.61 Å². The van der Waals surface area contributed by atoms with Crippen molar-refractivity contribution in [3.8, 4) is 5.75 Å². The summed E-state index contributed by atoms with van der Waals surface area (Å²) < 4.78 is 10.8. The Balaban J connectivity index is 2.59. The molecule has 0 aliphatic carbocycles. The van der Waals surface area contributed by atoms with E-state index < -0.39 is 0 Å². The van der Waals surface area contributed by atoms with E-state index in [1.165, 1.54) is 12.0 Å². The lowest BCUT2D eigenvalue weighted by atomic mass is 10.1. The van der Waals surface area contributed by atoms with Crippen LogP contribution in [0.15, 0.2) is 23.2 Å². The van der Waals surface area contributed by atoms with Crippen LogP contribution < -0.4 is 15.4 Å². The smallest absolute Gasteiger partial charge is 0.191 e. The highest BCUT2D eigenvalue weighted by molar-refractivity contribution is 5.79. The molecule has 0 bridgehead atoms. The summed E-state index contributed by atoms with van der Waals surface area (Å²) in [6, 6.07) is 6.23. The highest BCUT2D eigenvalue weighted by Crippen LogP contribution is 2.20. The van der Waals surface area contributed by atoms with Crippen LogP contribution in [0, 0.1) is 6.92 Å². The zero-order valence-corrected chi connectivity index (χ0v) is 14.2. The van der Waals surface area contributed by atoms with Gasteiger partial charge in [0.2, 0.25) is 0 Å². The van der Waals surface area contributed by atoms with Crippen molar-refractivity contribution in [1.29, 1.82) is 0 Å². The van der Waals surface area contributed by atoms with Gasteiger partial charge in [0, 0.05) is 32.8 Å². The molecule has 0 aliphatic rings. The van der Waals surface area contributed by atoms with Crippen LogP contribution in [0.4, 0.5) is 0 Å². The summed E-state index contributed by atoms with van der Waals surface area (Å²) in [6.07, 6.45) is 2.30. The van der Waals surface area contributed by atoms with Crippen molar-refractivity contribution in [2.45, 2.75) is 33.2 Å². The maximum atomic E-state index is 5.80. The third-order valence-corrected chi connectivity index (χ3v) is 3.26. The zero-order chi connectivity index (χ0) is 16.2. The van der Waals surface area contributed by atoms with E-state index in [4.69, 9.17) is 9.47 Å². The minimum absolute atomic E-state index is 0.552. The highest BCUT2D eigenvalue weighted by atomic mass is 16.5. The minimum Gasteiger partial charge on any atom is -0.491 e. The molecule has 0 radical (unpaired) electrons. The Kier molecular flexibility index (Phi) is 9.07. The number of guanidine groups is 1. The standard InChI is InChI=1S/C17H29N3O2/c1-5-6-9-19-17(18-3)20-13-15-8-7-14(2)12-16(15)22-11-10-21-4/h7-8,12H,5-6,9-11,13H2,1-4H3,(H2,18,19,20). The molecule has 2 N–H and O–H groups in total. The first-order valence-electron chi connectivity index (χ1n) is 7.87. The normalized spacial score (nSPS) is 11.4. The summed E-state index contributed by atoms with van der Waals surface area (Å²) >= 11 is 0. The molecule has 124 valence electrons. The molecule has 5 heteroatoms.